The molecule has 6 nitrogen and oxygen atoms in total. The lowest BCUT2D eigenvalue weighted by molar-refractivity contribution is -0.146. The van der Waals surface area contributed by atoms with E-state index in [0.717, 1.165) is 24.4 Å². The molecule has 0 spiro atoms. The topological polar surface area (TPSA) is 67.6 Å². The van der Waals surface area contributed by atoms with E-state index in [0.29, 0.717) is 26.0 Å². The highest BCUT2D eigenvalue weighted by molar-refractivity contribution is 5.80. The van der Waals surface area contributed by atoms with E-state index in [1.54, 1.807) is 0 Å². The van der Waals surface area contributed by atoms with Gasteiger partial charge in [-0.1, -0.05) is 18.2 Å². The Morgan fingerprint density at radius 2 is 2.08 bits per heavy atom. The SMILES string of the molecule is O=C(C1CC(O)C1)N1Cc2cncn2CC[C@H]1COc1ccccc1. The highest BCUT2D eigenvalue weighted by Crippen LogP contribution is 2.31. The maximum absolute atomic E-state index is 13.0. The first-order chi connectivity index (χ1) is 12.2. The van der Waals surface area contributed by atoms with Gasteiger partial charge in [0.25, 0.3) is 0 Å². The monoisotopic (exact) mass is 341 g/mol. The number of benzene rings is 1. The van der Waals surface area contributed by atoms with Crippen molar-refractivity contribution >= 4 is 5.91 Å². The standard InChI is InChI=1S/C19H23N3O3/c23-17-8-14(9-17)19(24)22-11-16-10-20-13-21(16)7-6-15(22)12-25-18-4-2-1-3-5-18/h1-5,10,13-15,17,23H,6-9,11-12H2/t14?,15-,17?/m0/s1. The van der Waals surface area contributed by atoms with Crippen LogP contribution in [0.3, 0.4) is 0 Å². The minimum absolute atomic E-state index is 0.0188. The quantitative estimate of drug-likeness (QED) is 0.921. The van der Waals surface area contributed by atoms with Crippen molar-refractivity contribution in [2.75, 3.05) is 6.61 Å². The number of aliphatic hydroxyl groups excluding tert-OH is 1. The molecule has 1 N–H and O–H groups in total. The van der Waals surface area contributed by atoms with Crippen LogP contribution in [-0.2, 0) is 17.9 Å². The van der Waals surface area contributed by atoms with Crippen LogP contribution in [0, 0.1) is 5.92 Å². The number of aryl methyl sites for hydroxylation is 1. The van der Waals surface area contributed by atoms with Crippen LogP contribution in [0.5, 0.6) is 5.75 Å². The molecule has 1 fully saturated rings. The van der Waals surface area contributed by atoms with Gasteiger partial charge in [0.05, 0.1) is 30.7 Å². The van der Waals surface area contributed by atoms with E-state index in [2.05, 4.69) is 9.55 Å². The number of hydrogen-bond acceptors (Lipinski definition) is 4. The van der Waals surface area contributed by atoms with E-state index in [1.165, 1.54) is 0 Å². The van der Waals surface area contributed by atoms with Crippen molar-refractivity contribution < 1.29 is 14.6 Å². The molecule has 0 radical (unpaired) electrons. The Balaban J connectivity index is 1.50. The van der Waals surface area contributed by atoms with Gasteiger partial charge in [-0.25, -0.2) is 4.98 Å². The normalized spacial score (nSPS) is 25.6. The predicted molar refractivity (Wildman–Crippen MR) is 91.8 cm³/mol. The molecule has 2 aromatic rings. The van der Waals surface area contributed by atoms with Crippen molar-refractivity contribution in [3.8, 4) is 5.75 Å². The van der Waals surface area contributed by atoms with Gasteiger partial charge in [-0.05, 0) is 31.4 Å². The lowest BCUT2D eigenvalue weighted by Gasteiger charge is -2.37. The Kier molecular flexibility index (Phi) is 4.44. The largest absolute Gasteiger partial charge is 0.491 e. The molecule has 1 amide bonds. The second-order valence-electron chi connectivity index (χ2n) is 6.93. The molecule has 2 heterocycles. The molecule has 0 bridgehead atoms. The summed E-state index contributed by atoms with van der Waals surface area (Å²) in [5, 5.41) is 9.55. The molecular weight excluding hydrogens is 318 g/mol. The highest BCUT2D eigenvalue weighted by atomic mass is 16.5. The smallest absolute Gasteiger partial charge is 0.226 e. The average Bonchev–Trinajstić information content (AvgIpc) is 2.98. The van der Waals surface area contributed by atoms with Gasteiger partial charge in [0.15, 0.2) is 0 Å². The summed E-state index contributed by atoms with van der Waals surface area (Å²) in [6.07, 6.45) is 5.30. The molecule has 0 saturated heterocycles. The first-order valence-electron chi connectivity index (χ1n) is 8.86. The van der Waals surface area contributed by atoms with E-state index >= 15 is 0 Å². The number of para-hydroxylation sites is 1. The third-order valence-corrected chi connectivity index (χ3v) is 5.21. The molecule has 25 heavy (non-hydrogen) atoms. The molecule has 1 aliphatic carbocycles. The van der Waals surface area contributed by atoms with Crippen LogP contribution in [0.1, 0.15) is 25.0 Å². The first-order valence-corrected chi connectivity index (χ1v) is 8.86. The van der Waals surface area contributed by atoms with Crippen molar-refractivity contribution in [2.45, 2.75) is 44.5 Å². The number of aromatic nitrogens is 2. The van der Waals surface area contributed by atoms with Gasteiger partial charge in [0.1, 0.15) is 12.4 Å². The van der Waals surface area contributed by atoms with Crippen molar-refractivity contribution in [1.82, 2.24) is 14.5 Å². The minimum atomic E-state index is -0.328. The van der Waals surface area contributed by atoms with Gasteiger partial charge in [-0.15, -0.1) is 0 Å². The van der Waals surface area contributed by atoms with E-state index < -0.39 is 0 Å². The number of rotatable bonds is 4. The summed E-state index contributed by atoms with van der Waals surface area (Å²) >= 11 is 0. The lowest BCUT2D eigenvalue weighted by atomic mass is 9.81. The van der Waals surface area contributed by atoms with Gasteiger partial charge < -0.3 is 19.3 Å². The first kappa shape index (κ1) is 16.1. The summed E-state index contributed by atoms with van der Waals surface area (Å²) in [6, 6.07) is 9.72. The van der Waals surface area contributed by atoms with Crippen LogP contribution >= 0.6 is 0 Å². The zero-order valence-corrected chi connectivity index (χ0v) is 14.1. The number of carbonyl (C=O) groups is 1. The maximum Gasteiger partial charge on any atom is 0.226 e. The Labute approximate surface area is 147 Å². The molecule has 6 heteroatoms. The third kappa shape index (κ3) is 3.39. The van der Waals surface area contributed by atoms with E-state index in [4.69, 9.17) is 4.74 Å². The summed E-state index contributed by atoms with van der Waals surface area (Å²) in [7, 11) is 0. The Hall–Kier alpha value is -2.34. The zero-order valence-electron chi connectivity index (χ0n) is 14.1. The Bertz CT molecular complexity index is 725. The van der Waals surface area contributed by atoms with Gasteiger partial charge >= 0.3 is 0 Å². The van der Waals surface area contributed by atoms with Crippen molar-refractivity contribution in [3.05, 3.63) is 48.5 Å². The molecule has 1 aromatic carbocycles. The third-order valence-electron chi connectivity index (χ3n) is 5.21. The lowest BCUT2D eigenvalue weighted by Crippen LogP contribution is -2.49. The number of hydrogen-bond donors (Lipinski definition) is 1. The molecule has 1 aliphatic heterocycles. The van der Waals surface area contributed by atoms with Crippen molar-refractivity contribution in [3.63, 3.8) is 0 Å². The van der Waals surface area contributed by atoms with Crippen LogP contribution in [-0.4, -0.2) is 44.2 Å². The summed E-state index contributed by atoms with van der Waals surface area (Å²) < 4.78 is 8.05. The number of aliphatic hydroxyl groups is 1. The molecular formula is C19H23N3O3. The number of carbonyl (C=O) groups excluding carboxylic acids is 1. The molecule has 1 aromatic heterocycles. The Morgan fingerprint density at radius 1 is 1.28 bits per heavy atom. The second kappa shape index (κ2) is 6.88. The maximum atomic E-state index is 13.0. The molecule has 0 unspecified atom stereocenters. The van der Waals surface area contributed by atoms with Gasteiger partial charge in [-0.2, -0.15) is 0 Å². The number of imidazole rings is 1. The van der Waals surface area contributed by atoms with Crippen molar-refractivity contribution in [2.24, 2.45) is 5.92 Å². The van der Waals surface area contributed by atoms with Crippen LogP contribution < -0.4 is 4.74 Å². The fourth-order valence-corrected chi connectivity index (χ4v) is 3.59. The van der Waals surface area contributed by atoms with Gasteiger partial charge in [0.2, 0.25) is 5.91 Å². The fourth-order valence-electron chi connectivity index (χ4n) is 3.59. The van der Waals surface area contributed by atoms with Crippen molar-refractivity contribution in [1.29, 1.82) is 0 Å². The van der Waals surface area contributed by atoms with Crippen LogP contribution in [0.2, 0.25) is 0 Å². The van der Waals surface area contributed by atoms with E-state index in [9.17, 15) is 9.90 Å². The highest BCUT2D eigenvalue weighted by Gasteiger charge is 2.39. The number of amides is 1. The Morgan fingerprint density at radius 3 is 2.84 bits per heavy atom. The molecule has 1 saturated carbocycles. The molecule has 1 atom stereocenters. The molecule has 132 valence electrons. The van der Waals surface area contributed by atoms with E-state index in [1.807, 2.05) is 47.8 Å². The number of nitrogens with zero attached hydrogens (tertiary/aromatic N) is 3. The second-order valence-corrected chi connectivity index (χ2v) is 6.93. The van der Waals surface area contributed by atoms with Crippen LogP contribution in [0.4, 0.5) is 0 Å². The number of fused-ring (bicyclic) bond motifs is 1. The summed E-state index contributed by atoms with van der Waals surface area (Å²) in [5.41, 5.74) is 1.05. The summed E-state index contributed by atoms with van der Waals surface area (Å²) in [5.74, 6) is 0.879. The summed E-state index contributed by atoms with van der Waals surface area (Å²) in [6.45, 7) is 1.85. The summed E-state index contributed by atoms with van der Waals surface area (Å²) in [4.78, 5) is 19.1. The molecule has 4 rings (SSSR count). The van der Waals surface area contributed by atoms with Crippen LogP contribution in [0.25, 0.3) is 0 Å². The van der Waals surface area contributed by atoms with Crippen LogP contribution in [0.15, 0.2) is 42.9 Å². The zero-order chi connectivity index (χ0) is 17.2. The van der Waals surface area contributed by atoms with E-state index in [-0.39, 0.29) is 24.0 Å². The van der Waals surface area contributed by atoms with Gasteiger partial charge in [0, 0.05) is 18.7 Å². The fraction of sp³-hybridized carbons (Fsp3) is 0.474. The van der Waals surface area contributed by atoms with Gasteiger partial charge in [-0.3, -0.25) is 4.79 Å². The number of ether oxygens (including phenoxy) is 1. The predicted octanol–water partition coefficient (Wildman–Crippen LogP) is 1.83. The molecule has 2 aliphatic rings. The minimum Gasteiger partial charge on any atom is -0.491 e. The average molecular weight is 341 g/mol.